The summed E-state index contributed by atoms with van der Waals surface area (Å²) in [4.78, 5) is 22.7. The number of aliphatic hydroxyl groups is 1. The van der Waals surface area contributed by atoms with Gasteiger partial charge in [0, 0.05) is 5.56 Å². The molecule has 0 fully saturated rings. The zero-order chi connectivity index (χ0) is 12.6. The van der Waals surface area contributed by atoms with Crippen LogP contribution in [0.5, 0.6) is 0 Å². The first-order chi connectivity index (χ1) is 8.02. The Balaban J connectivity index is 2.52. The first kappa shape index (κ1) is 11.3. The van der Waals surface area contributed by atoms with Crippen LogP contribution >= 0.6 is 0 Å². The van der Waals surface area contributed by atoms with Gasteiger partial charge in [-0.1, -0.05) is 18.2 Å². The molecule has 2 rings (SSSR count). The molecule has 0 saturated carbocycles. The minimum atomic E-state index is -0.916. The summed E-state index contributed by atoms with van der Waals surface area (Å²) < 4.78 is 13.6. The minimum Gasteiger partial charge on any atom is -0.503 e. The van der Waals surface area contributed by atoms with Gasteiger partial charge < -0.3 is 10.4 Å². The molecule has 4 nitrogen and oxygen atoms in total. The Hall–Kier alpha value is -2.17. The van der Waals surface area contributed by atoms with Gasteiger partial charge in [0.05, 0.1) is 11.6 Å². The molecule has 0 spiro atoms. The van der Waals surface area contributed by atoms with Gasteiger partial charge in [-0.25, -0.2) is 4.39 Å². The van der Waals surface area contributed by atoms with Gasteiger partial charge in [-0.15, -0.1) is 0 Å². The molecule has 1 aliphatic rings. The summed E-state index contributed by atoms with van der Waals surface area (Å²) in [6, 6.07) is 4.88. The van der Waals surface area contributed by atoms with Gasteiger partial charge in [-0.3, -0.25) is 9.59 Å². The van der Waals surface area contributed by atoms with Crippen LogP contribution in [0.4, 0.5) is 4.39 Å². The van der Waals surface area contributed by atoms with E-state index < -0.39 is 29.3 Å². The van der Waals surface area contributed by atoms with Crippen LogP contribution in [-0.2, 0) is 9.59 Å². The van der Waals surface area contributed by atoms with Crippen LogP contribution < -0.4 is 5.32 Å². The molecule has 0 aromatic heterocycles. The zero-order valence-electron chi connectivity index (χ0n) is 9.03. The van der Waals surface area contributed by atoms with Gasteiger partial charge in [-0.2, -0.15) is 0 Å². The quantitative estimate of drug-likeness (QED) is 0.814. The molecule has 1 heterocycles. The summed E-state index contributed by atoms with van der Waals surface area (Å²) in [5.41, 5.74) is 0.0650. The van der Waals surface area contributed by atoms with Crippen molar-refractivity contribution in [2.24, 2.45) is 0 Å². The topological polar surface area (TPSA) is 66.4 Å². The molecule has 0 bridgehead atoms. The largest absolute Gasteiger partial charge is 0.503 e. The summed E-state index contributed by atoms with van der Waals surface area (Å²) in [7, 11) is 0. The number of aliphatic hydroxyl groups excluding tert-OH is 1. The number of halogens is 1. The van der Waals surface area contributed by atoms with E-state index in [1.165, 1.54) is 25.1 Å². The van der Waals surface area contributed by atoms with Crippen molar-refractivity contribution in [1.82, 2.24) is 5.32 Å². The highest BCUT2D eigenvalue weighted by molar-refractivity contribution is 6.08. The Kier molecular flexibility index (Phi) is 2.67. The highest BCUT2D eigenvalue weighted by Crippen LogP contribution is 2.30. The maximum absolute atomic E-state index is 13.6. The molecule has 17 heavy (non-hydrogen) atoms. The van der Waals surface area contributed by atoms with E-state index in [2.05, 4.69) is 5.32 Å². The first-order valence-corrected chi connectivity index (χ1v) is 5.01. The maximum atomic E-state index is 13.6. The highest BCUT2D eigenvalue weighted by Gasteiger charge is 2.36. The Labute approximate surface area is 96.8 Å². The van der Waals surface area contributed by atoms with Crippen molar-refractivity contribution in [2.75, 3.05) is 0 Å². The van der Waals surface area contributed by atoms with Crippen LogP contribution in [0.25, 0.3) is 0 Å². The Morgan fingerprint density at radius 3 is 2.65 bits per heavy atom. The normalized spacial score (nSPS) is 19.4. The van der Waals surface area contributed by atoms with E-state index in [0.717, 1.165) is 0 Å². The molecule has 0 aliphatic carbocycles. The molecule has 0 radical (unpaired) electrons. The number of hydrogen-bond acceptors (Lipinski definition) is 3. The van der Waals surface area contributed by atoms with E-state index in [1.54, 1.807) is 6.07 Å². The minimum absolute atomic E-state index is 0.0971. The zero-order valence-corrected chi connectivity index (χ0v) is 9.03. The SMILES string of the molecule is CC(=O)C1=C(O)C(=O)N[C@@H]1c1ccccc1F. The van der Waals surface area contributed by atoms with Crippen molar-refractivity contribution in [2.45, 2.75) is 13.0 Å². The number of rotatable bonds is 2. The van der Waals surface area contributed by atoms with E-state index in [-0.39, 0.29) is 11.1 Å². The number of benzene rings is 1. The summed E-state index contributed by atoms with van der Waals surface area (Å²) in [5.74, 6) is -2.39. The van der Waals surface area contributed by atoms with Crippen molar-refractivity contribution in [1.29, 1.82) is 0 Å². The molecule has 1 aromatic carbocycles. The van der Waals surface area contributed by atoms with Crippen molar-refractivity contribution in [3.8, 4) is 0 Å². The molecule has 5 heteroatoms. The van der Waals surface area contributed by atoms with Crippen LogP contribution in [0.15, 0.2) is 35.6 Å². The van der Waals surface area contributed by atoms with E-state index in [0.29, 0.717) is 0 Å². The molecule has 2 N–H and O–H groups in total. The lowest BCUT2D eigenvalue weighted by Crippen LogP contribution is -2.23. The lowest BCUT2D eigenvalue weighted by molar-refractivity contribution is -0.119. The summed E-state index contributed by atoms with van der Waals surface area (Å²) >= 11 is 0. The van der Waals surface area contributed by atoms with E-state index in [9.17, 15) is 19.1 Å². The van der Waals surface area contributed by atoms with Gasteiger partial charge in [0.1, 0.15) is 5.82 Å². The Morgan fingerprint density at radius 1 is 1.41 bits per heavy atom. The molecule has 88 valence electrons. The fraction of sp³-hybridized carbons (Fsp3) is 0.167. The monoisotopic (exact) mass is 235 g/mol. The number of carbonyl (C=O) groups excluding carboxylic acids is 2. The van der Waals surface area contributed by atoms with Gasteiger partial charge in [-0.05, 0) is 13.0 Å². The first-order valence-electron chi connectivity index (χ1n) is 5.01. The average Bonchev–Trinajstić information content (AvgIpc) is 2.56. The summed E-state index contributed by atoms with van der Waals surface area (Å²) in [6.45, 7) is 1.22. The number of amides is 1. The van der Waals surface area contributed by atoms with Crippen molar-refractivity contribution in [3.63, 3.8) is 0 Å². The molecular formula is C12H10FNO3. The Morgan fingerprint density at radius 2 is 2.06 bits per heavy atom. The van der Waals surface area contributed by atoms with Gasteiger partial charge in [0.2, 0.25) is 0 Å². The van der Waals surface area contributed by atoms with E-state index in [4.69, 9.17) is 0 Å². The molecule has 1 aromatic rings. The number of hydrogen-bond donors (Lipinski definition) is 2. The number of ketones is 1. The van der Waals surface area contributed by atoms with Crippen LogP contribution in [0.2, 0.25) is 0 Å². The van der Waals surface area contributed by atoms with Crippen LogP contribution in [0.3, 0.4) is 0 Å². The van der Waals surface area contributed by atoms with Gasteiger partial charge >= 0.3 is 0 Å². The van der Waals surface area contributed by atoms with Gasteiger partial charge in [0.25, 0.3) is 5.91 Å². The average molecular weight is 235 g/mol. The lowest BCUT2D eigenvalue weighted by Gasteiger charge is -2.13. The molecule has 1 aliphatic heterocycles. The predicted molar refractivity (Wildman–Crippen MR) is 57.6 cm³/mol. The second kappa shape index (κ2) is 4.01. The number of Topliss-reactive ketones (excluding diaryl/α,β-unsaturated/α-hetero) is 1. The third-order valence-corrected chi connectivity index (χ3v) is 2.63. The summed E-state index contributed by atoms with van der Waals surface area (Å²) in [6.07, 6.45) is 0. The third-order valence-electron chi connectivity index (χ3n) is 2.63. The lowest BCUT2D eigenvalue weighted by atomic mass is 9.97. The predicted octanol–water partition coefficient (Wildman–Crippen LogP) is 1.40. The fourth-order valence-electron chi connectivity index (χ4n) is 1.84. The standard InChI is InChI=1S/C12H10FNO3/c1-6(15)9-10(14-12(17)11(9)16)7-4-2-3-5-8(7)13/h2-5,10,16H,1H3,(H,14,17)/t10-/m1/s1. The number of nitrogens with one attached hydrogen (secondary N) is 1. The highest BCUT2D eigenvalue weighted by atomic mass is 19.1. The number of carbonyl (C=O) groups is 2. The van der Waals surface area contributed by atoms with Gasteiger partial charge in [0.15, 0.2) is 11.5 Å². The smallest absolute Gasteiger partial charge is 0.287 e. The van der Waals surface area contributed by atoms with Crippen LogP contribution in [0.1, 0.15) is 18.5 Å². The molecule has 0 unspecified atom stereocenters. The fourth-order valence-corrected chi connectivity index (χ4v) is 1.84. The van der Waals surface area contributed by atoms with E-state index in [1.807, 2.05) is 0 Å². The second-order valence-electron chi connectivity index (χ2n) is 3.75. The molecule has 0 saturated heterocycles. The maximum Gasteiger partial charge on any atom is 0.287 e. The van der Waals surface area contributed by atoms with Crippen molar-refractivity contribution >= 4 is 11.7 Å². The van der Waals surface area contributed by atoms with Crippen molar-refractivity contribution in [3.05, 3.63) is 47.0 Å². The molecular weight excluding hydrogens is 225 g/mol. The van der Waals surface area contributed by atoms with E-state index >= 15 is 0 Å². The second-order valence-corrected chi connectivity index (χ2v) is 3.75. The van der Waals surface area contributed by atoms with Crippen molar-refractivity contribution < 1.29 is 19.1 Å². The summed E-state index contributed by atoms with van der Waals surface area (Å²) in [5, 5.41) is 11.8. The Bertz CT molecular complexity index is 536. The van der Waals surface area contributed by atoms with Crippen LogP contribution in [-0.4, -0.2) is 16.8 Å². The molecule has 1 atom stereocenters. The third kappa shape index (κ3) is 1.80. The molecule has 1 amide bonds. The van der Waals surface area contributed by atoms with Crippen LogP contribution in [0, 0.1) is 5.82 Å².